The van der Waals surface area contributed by atoms with Gasteiger partial charge < -0.3 is 9.73 Å². The van der Waals surface area contributed by atoms with E-state index in [0.29, 0.717) is 6.04 Å². The van der Waals surface area contributed by atoms with E-state index in [1.54, 1.807) is 0 Å². The molecule has 110 valence electrons. The fourth-order valence-corrected chi connectivity index (χ4v) is 2.92. The average Bonchev–Trinajstić information content (AvgIpc) is 2.79. The summed E-state index contributed by atoms with van der Waals surface area (Å²) in [5.41, 5.74) is 2.28. The lowest BCUT2D eigenvalue weighted by Crippen LogP contribution is -2.30. The summed E-state index contributed by atoms with van der Waals surface area (Å²) in [6, 6.07) is 8.92. The maximum atomic E-state index is 6.08. The number of para-hydroxylation sites is 1. The normalized spacial score (nSPS) is 11.9. The van der Waals surface area contributed by atoms with Crippen molar-refractivity contribution >= 4 is 11.0 Å². The van der Waals surface area contributed by atoms with Crippen LogP contribution in [0.5, 0.6) is 0 Å². The van der Waals surface area contributed by atoms with Gasteiger partial charge in [0.1, 0.15) is 11.3 Å². The Hall–Kier alpha value is -1.32. The van der Waals surface area contributed by atoms with Gasteiger partial charge >= 0.3 is 0 Å². The van der Waals surface area contributed by atoms with Crippen molar-refractivity contribution in [2.45, 2.75) is 45.8 Å². The minimum absolute atomic E-state index is 0.616. The van der Waals surface area contributed by atoms with Gasteiger partial charge in [0.25, 0.3) is 0 Å². The predicted molar refractivity (Wildman–Crippen MR) is 84.8 cm³/mol. The van der Waals surface area contributed by atoms with Gasteiger partial charge in [-0.05, 0) is 33.0 Å². The first-order valence-electron chi connectivity index (χ1n) is 7.55. The van der Waals surface area contributed by atoms with Gasteiger partial charge in [-0.25, -0.2) is 0 Å². The Kier molecular flexibility index (Phi) is 5.21. The number of fused-ring (bicyclic) bond motifs is 1. The van der Waals surface area contributed by atoms with Crippen molar-refractivity contribution in [2.24, 2.45) is 0 Å². The zero-order valence-electron chi connectivity index (χ0n) is 13.1. The van der Waals surface area contributed by atoms with Crippen LogP contribution in [0.1, 0.15) is 38.0 Å². The van der Waals surface area contributed by atoms with E-state index in [4.69, 9.17) is 4.42 Å². The molecular weight excluding hydrogens is 248 g/mol. The lowest BCUT2D eigenvalue weighted by atomic mass is 10.1. The minimum atomic E-state index is 0.616. The van der Waals surface area contributed by atoms with Gasteiger partial charge in [0.15, 0.2) is 0 Å². The highest BCUT2D eigenvalue weighted by Crippen LogP contribution is 2.27. The maximum absolute atomic E-state index is 6.08. The second-order valence-electron chi connectivity index (χ2n) is 5.42. The summed E-state index contributed by atoms with van der Waals surface area (Å²) in [5, 5.41) is 4.49. The third kappa shape index (κ3) is 3.05. The topological polar surface area (TPSA) is 28.4 Å². The molecule has 3 heteroatoms. The molecule has 1 aromatic carbocycles. The van der Waals surface area contributed by atoms with Crippen molar-refractivity contribution in [1.29, 1.82) is 0 Å². The van der Waals surface area contributed by atoms with Crippen LogP contribution in [0.25, 0.3) is 11.0 Å². The molecule has 0 aliphatic heterocycles. The molecule has 0 aliphatic rings. The van der Waals surface area contributed by atoms with Gasteiger partial charge in [0.05, 0.1) is 6.54 Å². The SMILES string of the molecule is CCC(CC)N(C)Cc1oc2ccccc2c1CNC. The molecule has 0 unspecified atom stereocenters. The highest BCUT2D eigenvalue weighted by molar-refractivity contribution is 5.82. The molecule has 3 nitrogen and oxygen atoms in total. The van der Waals surface area contributed by atoms with Gasteiger partial charge in [0.2, 0.25) is 0 Å². The Labute approximate surface area is 122 Å². The fourth-order valence-electron chi connectivity index (χ4n) is 2.92. The first kappa shape index (κ1) is 15.1. The van der Waals surface area contributed by atoms with E-state index in [1.165, 1.54) is 23.8 Å². The van der Waals surface area contributed by atoms with Crippen molar-refractivity contribution in [3.63, 3.8) is 0 Å². The van der Waals surface area contributed by atoms with Crippen LogP contribution in [0, 0.1) is 0 Å². The number of furan rings is 1. The summed E-state index contributed by atoms with van der Waals surface area (Å²) >= 11 is 0. The molecule has 0 spiro atoms. The standard InChI is InChI=1S/C17H26N2O/c1-5-13(6-2)19(4)12-17-15(11-18-3)14-9-7-8-10-16(14)20-17/h7-10,13,18H,5-6,11-12H2,1-4H3. The Morgan fingerprint density at radius 2 is 1.90 bits per heavy atom. The quantitative estimate of drug-likeness (QED) is 0.833. The van der Waals surface area contributed by atoms with E-state index < -0.39 is 0 Å². The lowest BCUT2D eigenvalue weighted by molar-refractivity contribution is 0.206. The third-order valence-corrected chi connectivity index (χ3v) is 4.09. The third-order valence-electron chi connectivity index (χ3n) is 4.09. The number of nitrogens with one attached hydrogen (secondary N) is 1. The first-order chi connectivity index (χ1) is 9.71. The second kappa shape index (κ2) is 6.91. The molecule has 1 aromatic heterocycles. The highest BCUT2D eigenvalue weighted by atomic mass is 16.3. The summed E-state index contributed by atoms with van der Waals surface area (Å²) in [7, 11) is 4.17. The van der Waals surface area contributed by atoms with E-state index in [9.17, 15) is 0 Å². The summed E-state index contributed by atoms with van der Waals surface area (Å²) < 4.78 is 6.08. The predicted octanol–water partition coefficient (Wildman–Crippen LogP) is 3.77. The molecule has 0 saturated heterocycles. The molecule has 2 aromatic rings. The van der Waals surface area contributed by atoms with Crippen LogP contribution in [-0.4, -0.2) is 25.0 Å². The van der Waals surface area contributed by atoms with Crippen LogP contribution >= 0.6 is 0 Å². The van der Waals surface area contributed by atoms with Gasteiger partial charge in [0, 0.05) is 23.5 Å². The Morgan fingerprint density at radius 1 is 1.20 bits per heavy atom. The highest BCUT2D eigenvalue weighted by Gasteiger charge is 2.17. The Bertz CT molecular complexity index is 543. The van der Waals surface area contributed by atoms with E-state index in [-0.39, 0.29) is 0 Å². The Morgan fingerprint density at radius 3 is 2.55 bits per heavy atom. The smallest absolute Gasteiger partial charge is 0.134 e. The van der Waals surface area contributed by atoms with Gasteiger partial charge in [-0.2, -0.15) is 0 Å². The lowest BCUT2D eigenvalue weighted by Gasteiger charge is -2.25. The van der Waals surface area contributed by atoms with Crippen molar-refractivity contribution in [3.8, 4) is 0 Å². The van der Waals surface area contributed by atoms with Crippen LogP contribution in [0.15, 0.2) is 28.7 Å². The number of benzene rings is 1. The van der Waals surface area contributed by atoms with Gasteiger partial charge in [-0.1, -0.05) is 32.0 Å². The molecule has 0 amide bonds. The molecule has 0 fully saturated rings. The van der Waals surface area contributed by atoms with Crippen molar-refractivity contribution in [3.05, 3.63) is 35.6 Å². The van der Waals surface area contributed by atoms with Crippen LogP contribution in [0.2, 0.25) is 0 Å². The summed E-state index contributed by atoms with van der Waals surface area (Å²) in [6.07, 6.45) is 2.35. The largest absolute Gasteiger partial charge is 0.459 e. The molecule has 0 atom stereocenters. The second-order valence-corrected chi connectivity index (χ2v) is 5.42. The van der Waals surface area contributed by atoms with E-state index in [0.717, 1.165) is 24.4 Å². The van der Waals surface area contributed by atoms with E-state index in [1.807, 2.05) is 13.1 Å². The molecule has 0 saturated carbocycles. The fraction of sp³-hybridized carbons (Fsp3) is 0.529. The van der Waals surface area contributed by atoms with Crippen LogP contribution < -0.4 is 5.32 Å². The summed E-state index contributed by atoms with van der Waals surface area (Å²) in [6.45, 7) is 6.22. The van der Waals surface area contributed by atoms with Gasteiger partial charge in [-0.15, -0.1) is 0 Å². The zero-order valence-corrected chi connectivity index (χ0v) is 13.1. The van der Waals surface area contributed by atoms with Crippen LogP contribution in [0.4, 0.5) is 0 Å². The molecule has 0 radical (unpaired) electrons. The zero-order chi connectivity index (χ0) is 14.5. The van der Waals surface area contributed by atoms with Crippen molar-refractivity contribution in [1.82, 2.24) is 10.2 Å². The molecular formula is C17H26N2O. The Balaban J connectivity index is 2.30. The summed E-state index contributed by atoms with van der Waals surface area (Å²) in [5.74, 6) is 1.09. The van der Waals surface area contributed by atoms with Gasteiger partial charge in [-0.3, -0.25) is 4.90 Å². The van der Waals surface area contributed by atoms with E-state index >= 15 is 0 Å². The molecule has 0 bridgehead atoms. The van der Waals surface area contributed by atoms with Crippen molar-refractivity contribution in [2.75, 3.05) is 14.1 Å². The number of nitrogens with zero attached hydrogens (tertiary/aromatic N) is 1. The van der Waals surface area contributed by atoms with E-state index in [2.05, 4.69) is 49.3 Å². The molecule has 20 heavy (non-hydrogen) atoms. The number of rotatable bonds is 7. The van der Waals surface area contributed by atoms with Crippen LogP contribution in [-0.2, 0) is 13.1 Å². The number of hydrogen-bond donors (Lipinski definition) is 1. The molecule has 1 N–H and O–H groups in total. The van der Waals surface area contributed by atoms with Crippen LogP contribution in [0.3, 0.4) is 0 Å². The first-order valence-corrected chi connectivity index (χ1v) is 7.55. The minimum Gasteiger partial charge on any atom is -0.459 e. The monoisotopic (exact) mass is 274 g/mol. The number of hydrogen-bond acceptors (Lipinski definition) is 3. The average molecular weight is 274 g/mol. The molecule has 2 rings (SSSR count). The molecule has 1 heterocycles. The maximum Gasteiger partial charge on any atom is 0.134 e. The molecule has 0 aliphatic carbocycles. The van der Waals surface area contributed by atoms with Crippen molar-refractivity contribution < 1.29 is 4.42 Å². The summed E-state index contributed by atoms with van der Waals surface area (Å²) in [4.78, 5) is 2.40.